The lowest BCUT2D eigenvalue weighted by Crippen LogP contribution is -2.24. The van der Waals surface area contributed by atoms with E-state index in [1.165, 1.54) is 18.9 Å². The number of hydrogen-bond donors (Lipinski definition) is 2. The third-order valence-electron chi connectivity index (χ3n) is 3.14. The van der Waals surface area contributed by atoms with E-state index in [-0.39, 0.29) is 5.75 Å². The summed E-state index contributed by atoms with van der Waals surface area (Å²) in [7, 11) is 3.06. The van der Waals surface area contributed by atoms with Crippen molar-refractivity contribution in [1.29, 1.82) is 0 Å². The molecule has 1 heterocycles. The van der Waals surface area contributed by atoms with Gasteiger partial charge in [-0.1, -0.05) is 6.92 Å². The van der Waals surface area contributed by atoms with Gasteiger partial charge in [0.25, 0.3) is 5.56 Å². The average molecular weight is 305 g/mol. The van der Waals surface area contributed by atoms with E-state index >= 15 is 0 Å². The van der Waals surface area contributed by atoms with E-state index < -0.39 is 5.56 Å². The molecule has 22 heavy (non-hydrogen) atoms. The molecule has 0 aliphatic rings. The Morgan fingerprint density at radius 3 is 2.59 bits per heavy atom. The molecule has 0 unspecified atom stereocenters. The summed E-state index contributed by atoms with van der Waals surface area (Å²) in [5, 5.41) is 17.1. The lowest BCUT2D eigenvalue weighted by atomic mass is 10.2. The van der Waals surface area contributed by atoms with Crippen LogP contribution in [0.25, 0.3) is 5.69 Å². The second-order valence-electron chi connectivity index (χ2n) is 4.55. The van der Waals surface area contributed by atoms with Crippen molar-refractivity contribution >= 4 is 0 Å². The predicted molar refractivity (Wildman–Crippen MR) is 82.0 cm³/mol. The predicted octanol–water partition coefficient (Wildman–Crippen LogP) is 1.06. The van der Waals surface area contributed by atoms with Crippen LogP contribution in [0, 0.1) is 0 Å². The maximum absolute atomic E-state index is 12.1. The molecule has 0 radical (unpaired) electrons. The van der Waals surface area contributed by atoms with Crippen molar-refractivity contribution in [3.05, 3.63) is 40.3 Å². The van der Waals surface area contributed by atoms with E-state index in [0.717, 1.165) is 12.6 Å². The molecule has 0 fully saturated rings. The van der Waals surface area contributed by atoms with Crippen LogP contribution < -0.4 is 20.3 Å². The summed E-state index contributed by atoms with van der Waals surface area (Å²) in [6.45, 7) is 3.05. The van der Waals surface area contributed by atoms with Gasteiger partial charge < -0.3 is 19.9 Å². The normalized spacial score (nSPS) is 10.5. The van der Waals surface area contributed by atoms with Crippen LogP contribution in [0.5, 0.6) is 17.2 Å². The summed E-state index contributed by atoms with van der Waals surface area (Å²) >= 11 is 0. The Hall–Kier alpha value is -2.54. The van der Waals surface area contributed by atoms with Crippen LogP contribution in [0.2, 0.25) is 0 Å². The van der Waals surface area contributed by atoms with Crippen molar-refractivity contribution in [2.24, 2.45) is 0 Å². The molecule has 0 amide bonds. The zero-order valence-electron chi connectivity index (χ0n) is 12.8. The van der Waals surface area contributed by atoms with Gasteiger partial charge in [-0.05, 0) is 18.7 Å². The molecule has 1 aromatic carbocycles. The van der Waals surface area contributed by atoms with Crippen LogP contribution in [0.4, 0.5) is 0 Å². The van der Waals surface area contributed by atoms with Crippen LogP contribution in [0.3, 0.4) is 0 Å². The van der Waals surface area contributed by atoms with Crippen molar-refractivity contribution in [3.63, 3.8) is 0 Å². The molecule has 0 aliphatic heterocycles. The lowest BCUT2D eigenvalue weighted by molar-refractivity contribution is 0.354. The Balaban J connectivity index is 2.49. The second-order valence-corrected chi connectivity index (χ2v) is 4.55. The Bertz CT molecular complexity index is 712. The number of ether oxygens (including phenoxy) is 2. The first-order chi connectivity index (χ1) is 10.6. The first kappa shape index (κ1) is 15.8. The van der Waals surface area contributed by atoms with Crippen LogP contribution >= 0.6 is 0 Å². The first-order valence-electron chi connectivity index (χ1n) is 6.86. The summed E-state index contributed by atoms with van der Waals surface area (Å²) < 4.78 is 11.6. The van der Waals surface area contributed by atoms with Gasteiger partial charge in [0.05, 0.1) is 19.9 Å². The number of rotatable bonds is 6. The van der Waals surface area contributed by atoms with E-state index in [1.54, 1.807) is 18.2 Å². The quantitative estimate of drug-likeness (QED) is 0.830. The van der Waals surface area contributed by atoms with Crippen molar-refractivity contribution in [2.75, 3.05) is 20.8 Å². The third kappa shape index (κ3) is 3.20. The molecule has 7 nitrogen and oxygen atoms in total. The average Bonchev–Trinajstić information content (AvgIpc) is 2.53. The summed E-state index contributed by atoms with van der Waals surface area (Å²) in [6.07, 6.45) is 0. The fourth-order valence-corrected chi connectivity index (χ4v) is 1.99. The summed E-state index contributed by atoms with van der Waals surface area (Å²) in [5.74, 6) is 0.934. The maximum atomic E-state index is 12.1. The fourth-order valence-electron chi connectivity index (χ4n) is 1.99. The highest BCUT2D eigenvalue weighted by atomic mass is 16.5. The van der Waals surface area contributed by atoms with E-state index in [0.29, 0.717) is 29.4 Å². The first-order valence-corrected chi connectivity index (χ1v) is 6.86. The molecule has 0 saturated heterocycles. The Labute approximate surface area is 128 Å². The second kappa shape index (κ2) is 6.95. The smallest absolute Gasteiger partial charge is 0.275 e. The number of hydrogen-bond acceptors (Lipinski definition) is 6. The van der Waals surface area contributed by atoms with Gasteiger partial charge in [-0.25, -0.2) is 0 Å². The van der Waals surface area contributed by atoms with Gasteiger partial charge in [0.1, 0.15) is 11.4 Å². The number of aromatic hydroxyl groups is 1. The molecule has 2 rings (SSSR count). The number of nitrogens with one attached hydrogen (secondary N) is 1. The van der Waals surface area contributed by atoms with Gasteiger partial charge >= 0.3 is 0 Å². The zero-order chi connectivity index (χ0) is 16.1. The van der Waals surface area contributed by atoms with Crippen molar-refractivity contribution in [2.45, 2.75) is 13.5 Å². The third-order valence-corrected chi connectivity index (χ3v) is 3.14. The molecular formula is C15H19N3O4. The number of benzene rings is 1. The van der Waals surface area contributed by atoms with Crippen LogP contribution in [-0.2, 0) is 6.54 Å². The van der Waals surface area contributed by atoms with Gasteiger partial charge in [0.2, 0.25) is 0 Å². The van der Waals surface area contributed by atoms with Gasteiger partial charge in [-0.15, -0.1) is 0 Å². The van der Waals surface area contributed by atoms with Gasteiger partial charge in [0.15, 0.2) is 11.5 Å². The zero-order valence-corrected chi connectivity index (χ0v) is 12.8. The maximum Gasteiger partial charge on any atom is 0.275 e. The number of methoxy groups -OCH3 is 2. The largest absolute Gasteiger partial charge is 0.506 e. The Morgan fingerprint density at radius 2 is 1.95 bits per heavy atom. The van der Waals surface area contributed by atoms with Gasteiger partial charge in [-0.3, -0.25) is 4.79 Å². The summed E-state index contributed by atoms with van der Waals surface area (Å²) in [4.78, 5) is 12.1. The Kier molecular flexibility index (Phi) is 5.00. The lowest BCUT2D eigenvalue weighted by Gasteiger charge is -2.12. The fraction of sp³-hybridized carbons (Fsp3) is 0.333. The van der Waals surface area contributed by atoms with Crippen LogP contribution in [0.1, 0.15) is 12.6 Å². The molecule has 0 aliphatic carbocycles. The molecule has 118 valence electrons. The highest BCUT2D eigenvalue weighted by Crippen LogP contribution is 2.28. The number of aromatic nitrogens is 2. The molecule has 2 N–H and O–H groups in total. The van der Waals surface area contributed by atoms with Gasteiger partial charge in [0, 0.05) is 18.7 Å². The van der Waals surface area contributed by atoms with Crippen LogP contribution in [-0.4, -0.2) is 35.7 Å². The minimum atomic E-state index is -0.426. The molecule has 0 spiro atoms. The van der Waals surface area contributed by atoms with Crippen molar-refractivity contribution in [1.82, 2.24) is 15.1 Å². The number of nitrogens with zero attached hydrogens (tertiary/aromatic N) is 2. The highest BCUT2D eigenvalue weighted by Gasteiger charge is 2.11. The topological polar surface area (TPSA) is 85.6 Å². The van der Waals surface area contributed by atoms with Crippen LogP contribution in [0.15, 0.2) is 29.1 Å². The van der Waals surface area contributed by atoms with Gasteiger partial charge in [-0.2, -0.15) is 9.78 Å². The molecule has 0 saturated carbocycles. The standard InChI is InChI=1S/C15H19N3O4/c1-4-16-9-11-12(19)8-15(20)18(17-11)10-5-6-13(21-2)14(7-10)22-3/h5-8,16,19H,4,9H2,1-3H3. The molecule has 7 heteroatoms. The minimum Gasteiger partial charge on any atom is -0.506 e. The molecule has 0 atom stereocenters. The van der Waals surface area contributed by atoms with Crippen molar-refractivity contribution < 1.29 is 14.6 Å². The minimum absolute atomic E-state index is 0.123. The van der Waals surface area contributed by atoms with Crippen molar-refractivity contribution in [3.8, 4) is 22.9 Å². The summed E-state index contributed by atoms with van der Waals surface area (Å²) in [5.41, 5.74) is 0.501. The molecule has 1 aromatic heterocycles. The van der Waals surface area contributed by atoms with E-state index in [9.17, 15) is 9.90 Å². The van der Waals surface area contributed by atoms with E-state index in [4.69, 9.17) is 9.47 Å². The highest BCUT2D eigenvalue weighted by molar-refractivity contribution is 5.48. The molecule has 0 bridgehead atoms. The SMILES string of the molecule is CCNCc1nn(-c2ccc(OC)c(OC)c2)c(=O)cc1O. The van der Waals surface area contributed by atoms with E-state index in [2.05, 4.69) is 10.4 Å². The van der Waals surface area contributed by atoms with E-state index in [1.807, 2.05) is 6.92 Å². The molecule has 2 aromatic rings. The Morgan fingerprint density at radius 1 is 1.23 bits per heavy atom. The molecular weight excluding hydrogens is 286 g/mol. The monoisotopic (exact) mass is 305 g/mol. The summed E-state index contributed by atoms with van der Waals surface area (Å²) in [6, 6.07) is 6.20.